The van der Waals surface area contributed by atoms with Crippen molar-refractivity contribution in [1.29, 1.82) is 0 Å². The molecule has 0 saturated carbocycles. The molecule has 5 heteroatoms. The molecule has 20 heavy (non-hydrogen) atoms. The summed E-state index contributed by atoms with van der Waals surface area (Å²) in [6.45, 7) is 0. The quantitative estimate of drug-likeness (QED) is 0.765. The predicted octanol–water partition coefficient (Wildman–Crippen LogP) is 1.52. The van der Waals surface area contributed by atoms with E-state index in [1.165, 1.54) is 26.4 Å². The summed E-state index contributed by atoms with van der Waals surface area (Å²) in [5, 5.41) is 0. The van der Waals surface area contributed by atoms with Crippen LogP contribution >= 0.6 is 0 Å². The van der Waals surface area contributed by atoms with Crippen LogP contribution in [0.1, 0.15) is 16.8 Å². The summed E-state index contributed by atoms with van der Waals surface area (Å²) in [6, 6.07) is 6.89. The van der Waals surface area contributed by atoms with Crippen LogP contribution in [0, 0.1) is 0 Å². The molecule has 1 aromatic carbocycles. The van der Waals surface area contributed by atoms with Gasteiger partial charge in [0.15, 0.2) is 5.78 Å². The highest BCUT2D eigenvalue weighted by Crippen LogP contribution is 2.47. The molecule has 104 valence electrons. The Morgan fingerprint density at radius 2 is 1.85 bits per heavy atom. The molecule has 0 N–H and O–H groups in total. The Balaban J connectivity index is 2.19. The van der Waals surface area contributed by atoms with Crippen LogP contribution in [0.3, 0.4) is 0 Å². The van der Waals surface area contributed by atoms with Crippen molar-refractivity contribution in [2.75, 3.05) is 14.2 Å². The zero-order valence-electron chi connectivity index (χ0n) is 11.2. The van der Waals surface area contributed by atoms with Gasteiger partial charge in [-0.05, 0) is 24.3 Å². The van der Waals surface area contributed by atoms with E-state index in [0.717, 1.165) is 0 Å². The van der Waals surface area contributed by atoms with E-state index >= 15 is 0 Å². The fourth-order valence-corrected chi connectivity index (χ4v) is 2.85. The van der Waals surface area contributed by atoms with Crippen molar-refractivity contribution in [3.05, 3.63) is 42.0 Å². The molecule has 1 aromatic rings. The van der Waals surface area contributed by atoms with E-state index in [1.54, 1.807) is 24.3 Å². The maximum absolute atomic E-state index is 12.8. The van der Waals surface area contributed by atoms with Gasteiger partial charge in [-0.15, -0.1) is 0 Å². The van der Waals surface area contributed by atoms with Gasteiger partial charge in [-0.1, -0.05) is 12.1 Å². The lowest BCUT2D eigenvalue weighted by atomic mass is 9.78. The number of para-hydroxylation sites is 1. The zero-order valence-corrected chi connectivity index (χ0v) is 11.2. The molecule has 0 saturated heterocycles. The van der Waals surface area contributed by atoms with E-state index in [2.05, 4.69) is 0 Å². The van der Waals surface area contributed by atoms with E-state index in [0.29, 0.717) is 11.3 Å². The molecule has 0 bridgehead atoms. The van der Waals surface area contributed by atoms with Crippen LogP contribution in [0.25, 0.3) is 0 Å². The van der Waals surface area contributed by atoms with Crippen LogP contribution in [0.4, 0.5) is 0 Å². The summed E-state index contributed by atoms with van der Waals surface area (Å²) >= 11 is 0. The fourth-order valence-electron chi connectivity index (χ4n) is 2.85. The number of ether oxygens (including phenoxy) is 3. The number of allylic oxidation sites excluding steroid dienone is 1. The van der Waals surface area contributed by atoms with Gasteiger partial charge < -0.3 is 14.2 Å². The smallest absolute Gasteiger partial charge is 0.237 e. The first kappa shape index (κ1) is 13.0. The second-order valence-electron chi connectivity index (χ2n) is 4.81. The molecule has 1 heterocycles. The number of hydrogen-bond donors (Lipinski definition) is 0. The van der Waals surface area contributed by atoms with Gasteiger partial charge in [-0.25, -0.2) is 0 Å². The molecule has 0 amide bonds. The van der Waals surface area contributed by atoms with Gasteiger partial charge in [-0.3, -0.25) is 9.59 Å². The summed E-state index contributed by atoms with van der Waals surface area (Å²) in [7, 11) is 2.84. The fraction of sp³-hybridized carbons (Fsp3) is 0.333. The number of carbonyl (C=O) groups is 2. The lowest BCUT2D eigenvalue weighted by molar-refractivity contribution is -0.244. The van der Waals surface area contributed by atoms with Crippen LogP contribution in [-0.2, 0) is 14.3 Å². The van der Waals surface area contributed by atoms with Crippen LogP contribution < -0.4 is 4.74 Å². The number of hydrogen-bond acceptors (Lipinski definition) is 5. The molecule has 1 atom stereocenters. The van der Waals surface area contributed by atoms with Crippen molar-refractivity contribution in [3.8, 4) is 5.75 Å². The molecular weight excluding hydrogens is 260 g/mol. The molecule has 3 rings (SSSR count). The summed E-state index contributed by atoms with van der Waals surface area (Å²) in [4.78, 5) is 24.6. The third-order valence-electron chi connectivity index (χ3n) is 3.86. The van der Waals surface area contributed by atoms with Gasteiger partial charge in [0.05, 0.1) is 12.0 Å². The van der Waals surface area contributed by atoms with Gasteiger partial charge in [-0.2, -0.15) is 0 Å². The monoisotopic (exact) mass is 274 g/mol. The van der Waals surface area contributed by atoms with Crippen molar-refractivity contribution in [3.63, 3.8) is 0 Å². The molecule has 5 nitrogen and oxygen atoms in total. The minimum atomic E-state index is -1.49. The molecular formula is C15H14O5. The maximum Gasteiger partial charge on any atom is 0.237 e. The summed E-state index contributed by atoms with van der Waals surface area (Å²) in [5.74, 6) is -1.46. The minimum absolute atomic E-state index is 0.112. The second kappa shape index (κ2) is 4.26. The largest absolute Gasteiger partial charge is 0.472 e. The van der Waals surface area contributed by atoms with E-state index in [4.69, 9.17) is 14.2 Å². The third kappa shape index (κ3) is 1.44. The summed E-state index contributed by atoms with van der Waals surface area (Å²) in [5.41, 5.74) is -1.06. The van der Waals surface area contributed by atoms with E-state index in [1.807, 2.05) is 0 Å². The van der Waals surface area contributed by atoms with Crippen LogP contribution in [0.2, 0.25) is 0 Å². The summed E-state index contributed by atoms with van der Waals surface area (Å²) < 4.78 is 16.7. The average Bonchev–Trinajstić information content (AvgIpc) is 2.74. The number of fused-ring (bicyclic) bond motifs is 1. The molecule has 2 aliphatic rings. The van der Waals surface area contributed by atoms with Gasteiger partial charge in [0.25, 0.3) is 0 Å². The first-order valence-electron chi connectivity index (χ1n) is 6.24. The van der Waals surface area contributed by atoms with Crippen LogP contribution in [0.5, 0.6) is 5.75 Å². The Morgan fingerprint density at radius 1 is 1.15 bits per heavy atom. The molecule has 0 fully saturated rings. The number of Topliss-reactive ketones (excluding diaryl/α,β-unsaturated/α-hetero) is 1. The molecule has 0 radical (unpaired) electrons. The van der Waals surface area contributed by atoms with Gasteiger partial charge >= 0.3 is 0 Å². The van der Waals surface area contributed by atoms with Gasteiger partial charge in [0, 0.05) is 14.2 Å². The number of ketones is 2. The van der Waals surface area contributed by atoms with Gasteiger partial charge in [0.1, 0.15) is 5.75 Å². The van der Waals surface area contributed by atoms with E-state index in [9.17, 15) is 9.59 Å². The topological polar surface area (TPSA) is 61.8 Å². The van der Waals surface area contributed by atoms with E-state index < -0.39 is 11.4 Å². The Labute approximate surface area is 116 Å². The normalized spacial score (nSPS) is 26.7. The van der Waals surface area contributed by atoms with Crippen molar-refractivity contribution in [2.45, 2.75) is 17.8 Å². The second-order valence-corrected chi connectivity index (χ2v) is 4.81. The highest BCUT2D eigenvalue weighted by atomic mass is 16.7. The molecule has 1 spiro atoms. The molecule has 1 aliphatic heterocycles. The number of benzene rings is 1. The van der Waals surface area contributed by atoms with Crippen molar-refractivity contribution in [2.24, 2.45) is 0 Å². The maximum atomic E-state index is 12.8. The minimum Gasteiger partial charge on any atom is -0.472 e. The Hall–Kier alpha value is -1.98. The van der Waals surface area contributed by atoms with E-state index in [-0.39, 0.29) is 18.0 Å². The Kier molecular flexibility index (Phi) is 2.77. The standard InChI is InChI=1S/C15H14O5/c1-18-15(19-2)8-7-10(16)9-14(15)13(17)11-5-3-4-6-12(11)20-14/h3-8H,9H2,1-2H3. The first-order chi connectivity index (χ1) is 9.58. The number of methoxy groups -OCH3 is 2. The highest BCUT2D eigenvalue weighted by molar-refractivity contribution is 6.12. The van der Waals surface area contributed by atoms with Crippen molar-refractivity contribution in [1.82, 2.24) is 0 Å². The molecule has 1 aliphatic carbocycles. The Bertz CT molecular complexity index is 614. The third-order valence-corrected chi connectivity index (χ3v) is 3.86. The molecule has 0 aromatic heterocycles. The van der Waals surface area contributed by atoms with Crippen LogP contribution in [-0.4, -0.2) is 37.2 Å². The van der Waals surface area contributed by atoms with Crippen LogP contribution in [0.15, 0.2) is 36.4 Å². The predicted molar refractivity (Wildman–Crippen MR) is 69.6 cm³/mol. The first-order valence-corrected chi connectivity index (χ1v) is 6.24. The molecule has 1 unspecified atom stereocenters. The number of rotatable bonds is 2. The number of carbonyl (C=O) groups excluding carboxylic acids is 2. The lowest BCUT2D eigenvalue weighted by Crippen LogP contribution is -2.64. The zero-order chi connectivity index (χ0) is 14.4. The lowest BCUT2D eigenvalue weighted by Gasteiger charge is -2.43. The van der Waals surface area contributed by atoms with Crippen molar-refractivity contribution >= 4 is 11.6 Å². The average molecular weight is 274 g/mol. The summed E-state index contributed by atoms with van der Waals surface area (Å²) in [6.07, 6.45) is 2.69. The highest BCUT2D eigenvalue weighted by Gasteiger charge is 2.65. The Morgan fingerprint density at radius 3 is 2.50 bits per heavy atom. The van der Waals surface area contributed by atoms with Gasteiger partial charge in [0.2, 0.25) is 17.2 Å². The van der Waals surface area contributed by atoms with Crippen molar-refractivity contribution < 1.29 is 23.8 Å². The SMILES string of the molecule is COC1(OC)C=CC(=O)CC12Oc1ccccc1C2=O.